The zero-order chi connectivity index (χ0) is 10.9. The summed E-state index contributed by atoms with van der Waals surface area (Å²) in [7, 11) is 0. The number of rotatable bonds is 8. The van der Waals surface area contributed by atoms with E-state index in [0.29, 0.717) is 5.89 Å². The molecule has 0 amide bonds. The predicted molar refractivity (Wildman–Crippen MR) is 63.2 cm³/mol. The Morgan fingerprint density at radius 2 is 2.27 bits per heavy atom. The van der Waals surface area contributed by atoms with Gasteiger partial charge in [0.25, 0.3) is 0 Å². The second-order valence-electron chi connectivity index (χ2n) is 3.28. The van der Waals surface area contributed by atoms with E-state index in [-0.39, 0.29) is 0 Å². The molecule has 4 nitrogen and oxygen atoms in total. The molecule has 0 bridgehead atoms. The SMILES string of the molecule is CCSCCCNCCc1noc(C)n1. The maximum Gasteiger partial charge on any atom is 0.223 e. The molecule has 0 aliphatic rings. The number of aryl methyl sites for hydroxylation is 1. The van der Waals surface area contributed by atoms with Crippen molar-refractivity contribution in [1.29, 1.82) is 0 Å². The molecular formula is C10H19N3OS. The maximum atomic E-state index is 4.88. The minimum Gasteiger partial charge on any atom is -0.340 e. The maximum absolute atomic E-state index is 4.88. The summed E-state index contributed by atoms with van der Waals surface area (Å²) in [6, 6.07) is 0. The van der Waals surface area contributed by atoms with E-state index >= 15 is 0 Å². The number of hydrogen-bond donors (Lipinski definition) is 1. The first-order valence-electron chi connectivity index (χ1n) is 5.40. The third-order valence-electron chi connectivity index (χ3n) is 1.94. The lowest BCUT2D eigenvalue weighted by Gasteiger charge is -2.01. The molecule has 1 aromatic heterocycles. The molecule has 0 spiro atoms. The van der Waals surface area contributed by atoms with Crippen molar-refractivity contribution in [3.05, 3.63) is 11.7 Å². The number of nitrogens with one attached hydrogen (secondary N) is 1. The first-order chi connectivity index (χ1) is 7.33. The van der Waals surface area contributed by atoms with Crippen LogP contribution in [0.5, 0.6) is 0 Å². The summed E-state index contributed by atoms with van der Waals surface area (Å²) in [4.78, 5) is 4.14. The van der Waals surface area contributed by atoms with Crippen LogP contribution in [0.1, 0.15) is 25.1 Å². The van der Waals surface area contributed by atoms with E-state index in [1.165, 1.54) is 17.9 Å². The highest BCUT2D eigenvalue weighted by Gasteiger charge is 2.00. The third-order valence-corrected chi connectivity index (χ3v) is 2.93. The van der Waals surface area contributed by atoms with Gasteiger partial charge >= 0.3 is 0 Å². The Kier molecular flexibility index (Phi) is 6.43. The largest absolute Gasteiger partial charge is 0.340 e. The van der Waals surface area contributed by atoms with E-state index in [4.69, 9.17) is 4.52 Å². The van der Waals surface area contributed by atoms with Crippen molar-refractivity contribution in [2.24, 2.45) is 0 Å². The van der Waals surface area contributed by atoms with Gasteiger partial charge < -0.3 is 9.84 Å². The van der Waals surface area contributed by atoms with Gasteiger partial charge in [0, 0.05) is 19.9 Å². The first-order valence-corrected chi connectivity index (χ1v) is 6.56. The predicted octanol–water partition coefficient (Wildman–Crippen LogP) is 1.65. The highest BCUT2D eigenvalue weighted by Crippen LogP contribution is 1.99. The molecule has 0 atom stereocenters. The van der Waals surface area contributed by atoms with Crippen LogP contribution >= 0.6 is 11.8 Å². The molecule has 0 radical (unpaired) electrons. The zero-order valence-electron chi connectivity index (χ0n) is 9.45. The average molecular weight is 229 g/mol. The summed E-state index contributed by atoms with van der Waals surface area (Å²) in [5.41, 5.74) is 0. The summed E-state index contributed by atoms with van der Waals surface area (Å²) >= 11 is 1.99. The van der Waals surface area contributed by atoms with Gasteiger partial charge in [0.05, 0.1) is 0 Å². The van der Waals surface area contributed by atoms with Crippen molar-refractivity contribution in [2.45, 2.75) is 26.7 Å². The molecule has 0 unspecified atom stereocenters. The number of thioether (sulfide) groups is 1. The van der Waals surface area contributed by atoms with Crippen LogP contribution in [-0.4, -0.2) is 34.7 Å². The Morgan fingerprint density at radius 3 is 2.93 bits per heavy atom. The second kappa shape index (κ2) is 7.70. The summed E-state index contributed by atoms with van der Waals surface area (Å²) in [6.07, 6.45) is 2.07. The minimum atomic E-state index is 0.643. The minimum absolute atomic E-state index is 0.643. The fraction of sp³-hybridized carbons (Fsp3) is 0.800. The molecular weight excluding hydrogens is 210 g/mol. The van der Waals surface area contributed by atoms with E-state index in [9.17, 15) is 0 Å². The van der Waals surface area contributed by atoms with Crippen LogP contribution in [0.15, 0.2) is 4.52 Å². The van der Waals surface area contributed by atoms with Crippen molar-refractivity contribution in [2.75, 3.05) is 24.6 Å². The van der Waals surface area contributed by atoms with Gasteiger partial charge in [-0.05, 0) is 24.5 Å². The fourth-order valence-electron chi connectivity index (χ4n) is 1.21. The molecule has 0 aliphatic carbocycles. The van der Waals surface area contributed by atoms with Crippen LogP contribution in [0.3, 0.4) is 0 Å². The topological polar surface area (TPSA) is 51.0 Å². The van der Waals surface area contributed by atoms with Crippen molar-refractivity contribution in [3.8, 4) is 0 Å². The zero-order valence-corrected chi connectivity index (χ0v) is 10.3. The van der Waals surface area contributed by atoms with E-state index in [0.717, 1.165) is 25.3 Å². The van der Waals surface area contributed by atoms with Crippen molar-refractivity contribution >= 4 is 11.8 Å². The quantitative estimate of drug-likeness (QED) is 0.687. The third kappa shape index (κ3) is 5.79. The summed E-state index contributed by atoms with van der Waals surface area (Å²) in [5.74, 6) is 3.89. The lowest BCUT2D eigenvalue weighted by molar-refractivity contribution is 0.387. The Hall–Kier alpha value is -0.550. The van der Waals surface area contributed by atoms with E-state index in [2.05, 4.69) is 22.4 Å². The highest BCUT2D eigenvalue weighted by molar-refractivity contribution is 7.99. The van der Waals surface area contributed by atoms with Gasteiger partial charge in [0.2, 0.25) is 5.89 Å². The smallest absolute Gasteiger partial charge is 0.223 e. The normalized spacial score (nSPS) is 10.8. The van der Waals surface area contributed by atoms with Crippen LogP contribution in [0.2, 0.25) is 0 Å². The molecule has 1 N–H and O–H groups in total. The molecule has 86 valence electrons. The summed E-state index contributed by atoms with van der Waals surface area (Å²) in [6.45, 7) is 6.00. The van der Waals surface area contributed by atoms with E-state index in [1.54, 1.807) is 0 Å². The Bertz CT molecular complexity index is 265. The molecule has 1 rings (SSSR count). The van der Waals surface area contributed by atoms with Crippen LogP contribution in [0, 0.1) is 6.92 Å². The van der Waals surface area contributed by atoms with Crippen molar-refractivity contribution < 1.29 is 4.52 Å². The fourth-order valence-corrected chi connectivity index (χ4v) is 1.85. The van der Waals surface area contributed by atoms with Crippen molar-refractivity contribution in [3.63, 3.8) is 0 Å². The summed E-state index contributed by atoms with van der Waals surface area (Å²) in [5, 5.41) is 7.20. The van der Waals surface area contributed by atoms with Gasteiger partial charge in [-0.25, -0.2) is 0 Å². The van der Waals surface area contributed by atoms with Gasteiger partial charge in [-0.2, -0.15) is 16.7 Å². The van der Waals surface area contributed by atoms with E-state index in [1.807, 2.05) is 18.7 Å². The molecule has 1 heterocycles. The van der Waals surface area contributed by atoms with Gasteiger partial charge in [-0.1, -0.05) is 12.1 Å². The average Bonchev–Trinajstić information content (AvgIpc) is 2.63. The lowest BCUT2D eigenvalue weighted by atomic mass is 10.4. The molecule has 1 aromatic rings. The van der Waals surface area contributed by atoms with Gasteiger partial charge in [0.1, 0.15) is 0 Å². The Labute approximate surface area is 95.2 Å². The molecule has 0 saturated carbocycles. The first kappa shape index (κ1) is 12.5. The molecule has 15 heavy (non-hydrogen) atoms. The van der Waals surface area contributed by atoms with Crippen LogP contribution in [0.25, 0.3) is 0 Å². The number of aromatic nitrogens is 2. The molecule has 0 aromatic carbocycles. The second-order valence-corrected chi connectivity index (χ2v) is 4.67. The van der Waals surface area contributed by atoms with Gasteiger partial charge in [-0.15, -0.1) is 0 Å². The lowest BCUT2D eigenvalue weighted by Crippen LogP contribution is -2.19. The van der Waals surface area contributed by atoms with Gasteiger partial charge in [-0.3, -0.25) is 0 Å². The van der Waals surface area contributed by atoms with Crippen LogP contribution < -0.4 is 5.32 Å². The summed E-state index contributed by atoms with van der Waals surface area (Å²) < 4.78 is 4.88. The number of hydrogen-bond acceptors (Lipinski definition) is 5. The van der Waals surface area contributed by atoms with Crippen molar-refractivity contribution in [1.82, 2.24) is 15.5 Å². The number of nitrogens with zero attached hydrogens (tertiary/aromatic N) is 2. The highest BCUT2D eigenvalue weighted by atomic mass is 32.2. The Balaban J connectivity index is 1.93. The van der Waals surface area contributed by atoms with Gasteiger partial charge in [0.15, 0.2) is 5.82 Å². The molecule has 0 fully saturated rings. The standard InChI is InChI=1S/C10H19N3OS/c1-3-15-8-4-6-11-7-5-10-12-9(2)14-13-10/h11H,3-8H2,1-2H3. The van der Waals surface area contributed by atoms with Crippen LogP contribution in [-0.2, 0) is 6.42 Å². The molecule has 0 saturated heterocycles. The van der Waals surface area contributed by atoms with Crippen LogP contribution in [0.4, 0.5) is 0 Å². The van der Waals surface area contributed by atoms with E-state index < -0.39 is 0 Å². The Morgan fingerprint density at radius 1 is 1.40 bits per heavy atom. The monoisotopic (exact) mass is 229 g/mol. The molecule has 0 aliphatic heterocycles. The molecule has 5 heteroatoms.